The molecule has 5 nitrogen and oxygen atoms in total. The molecule has 0 radical (unpaired) electrons. The second-order valence-electron chi connectivity index (χ2n) is 7.96. The molecule has 0 aliphatic carbocycles. The van der Waals surface area contributed by atoms with Gasteiger partial charge in [0, 0.05) is 11.1 Å². The molecule has 0 spiro atoms. The Hall–Kier alpha value is -3.12. The molecule has 3 aromatic rings. The molecule has 0 unspecified atom stereocenters. The van der Waals surface area contributed by atoms with E-state index in [1.54, 1.807) is 24.3 Å². The number of ether oxygens (including phenoxy) is 1. The van der Waals surface area contributed by atoms with Gasteiger partial charge in [0.1, 0.15) is 5.75 Å². The van der Waals surface area contributed by atoms with Gasteiger partial charge in [0.15, 0.2) is 0 Å². The number of nitrogens with zero attached hydrogens (tertiary/aromatic N) is 1. The fraction of sp³-hybridized carbons (Fsp3) is 0.240. The summed E-state index contributed by atoms with van der Waals surface area (Å²) in [5, 5.41) is 4.31. The lowest BCUT2D eigenvalue weighted by atomic mass is 10.0. The summed E-state index contributed by atoms with van der Waals surface area (Å²) >= 11 is 0. The summed E-state index contributed by atoms with van der Waals surface area (Å²) in [6.07, 6.45) is 0. The first-order chi connectivity index (χ1) is 14.7. The first kappa shape index (κ1) is 22.6. The van der Waals surface area contributed by atoms with Crippen LogP contribution in [0.15, 0.2) is 82.8 Å². The highest BCUT2D eigenvalue weighted by Crippen LogP contribution is 2.18. The number of sulfonamides is 1. The van der Waals surface area contributed by atoms with E-state index in [4.69, 9.17) is 4.74 Å². The molecule has 0 fully saturated rings. The van der Waals surface area contributed by atoms with Crippen LogP contribution in [0.4, 0.5) is 0 Å². The lowest BCUT2D eigenvalue weighted by Crippen LogP contribution is -2.21. The maximum absolute atomic E-state index is 12.7. The Balaban J connectivity index is 1.93. The van der Waals surface area contributed by atoms with Crippen molar-refractivity contribution in [1.82, 2.24) is 4.83 Å². The summed E-state index contributed by atoms with van der Waals surface area (Å²) in [4.78, 5) is 2.56. The first-order valence-corrected chi connectivity index (χ1v) is 11.7. The molecule has 0 aromatic heterocycles. The minimum atomic E-state index is -3.78. The van der Waals surface area contributed by atoms with E-state index in [0.29, 0.717) is 18.2 Å². The van der Waals surface area contributed by atoms with Crippen LogP contribution in [-0.4, -0.2) is 20.7 Å². The summed E-state index contributed by atoms with van der Waals surface area (Å²) in [5.74, 6) is 1.20. The Bertz CT molecular complexity index is 1130. The van der Waals surface area contributed by atoms with Crippen molar-refractivity contribution in [2.75, 3.05) is 6.61 Å². The van der Waals surface area contributed by atoms with Crippen LogP contribution in [0, 0.1) is 19.8 Å². The maximum Gasteiger partial charge on any atom is 0.276 e. The fourth-order valence-corrected chi connectivity index (χ4v) is 3.67. The van der Waals surface area contributed by atoms with Crippen molar-refractivity contribution in [3.05, 3.63) is 95.1 Å². The van der Waals surface area contributed by atoms with Gasteiger partial charge in [-0.3, -0.25) is 0 Å². The number of aryl methyl sites for hydroxylation is 2. The molecule has 3 aromatic carbocycles. The quantitative estimate of drug-likeness (QED) is 0.396. The van der Waals surface area contributed by atoms with Crippen LogP contribution < -0.4 is 9.57 Å². The molecule has 0 heterocycles. The second kappa shape index (κ2) is 9.79. The molecule has 0 aliphatic rings. The van der Waals surface area contributed by atoms with Gasteiger partial charge in [-0.1, -0.05) is 61.4 Å². The highest BCUT2D eigenvalue weighted by molar-refractivity contribution is 7.89. The number of hydrazone groups is 1. The molecule has 162 valence electrons. The van der Waals surface area contributed by atoms with Crippen molar-refractivity contribution in [3.63, 3.8) is 0 Å². The highest BCUT2D eigenvalue weighted by Gasteiger charge is 2.15. The minimum Gasteiger partial charge on any atom is -0.493 e. The van der Waals surface area contributed by atoms with E-state index in [-0.39, 0.29) is 4.90 Å². The molecule has 0 atom stereocenters. The first-order valence-electron chi connectivity index (χ1n) is 10.2. The number of rotatable bonds is 8. The third-order valence-electron chi connectivity index (χ3n) is 4.65. The van der Waals surface area contributed by atoms with Crippen molar-refractivity contribution in [1.29, 1.82) is 0 Å². The van der Waals surface area contributed by atoms with Crippen molar-refractivity contribution in [2.45, 2.75) is 32.6 Å². The minimum absolute atomic E-state index is 0.169. The van der Waals surface area contributed by atoms with E-state index in [1.807, 2.05) is 62.4 Å². The Kier molecular flexibility index (Phi) is 7.13. The van der Waals surface area contributed by atoms with Gasteiger partial charge in [-0.25, -0.2) is 0 Å². The number of hydrogen-bond donors (Lipinski definition) is 1. The van der Waals surface area contributed by atoms with Gasteiger partial charge in [0.05, 0.1) is 17.2 Å². The standard InChI is InChI=1S/C25H28N2O3S/c1-18(2)17-30-23-13-11-22(12-14-23)25(21-9-5-19(3)6-10-21)26-27-31(28,29)24-15-7-20(4)8-16-24/h5-16,18,27H,17H2,1-4H3/b26-25-. The lowest BCUT2D eigenvalue weighted by molar-refractivity contribution is 0.271. The summed E-state index contributed by atoms with van der Waals surface area (Å²) in [6.45, 7) is 8.73. The van der Waals surface area contributed by atoms with E-state index in [1.165, 1.54) is 0 Å². The van der Waals surface area contributed by atoms with Crippen LogP contribution >= 0.6 is 0 Å². The molecule has 0 saturated heterocycles. The normalized spacial score (nSPS) is 12.1. The van der Waals surface area contributed by atoms with Gasteiger partial charge in [0.25, 0.3) is 10.0 Å². The van der Waals surface area contributed by atoms with Crippen LogP contribution in [0.3, 0.4) is 0 Å². The van der Waals surface area contributed by atoms with Crippen molar-refractivity contribution >= 4 is 15.7 Å². The summed E-state index contributed by atoms with van der Waals surface area (Å²) < 4.78 is 31.2. The van der Waals surface area contributed by atoms with E-state index < -0.39 is 10.0 Å². The summed E-state index contributed by atoms with van der Waals surface area (Å²) in [7, 11) is -3.78. The topological polar surface area (TPSA) is 67.8 Å². The Morgan fingerprint density at radius 2 is 1.32 bits per heavy atom. The Morgan fingerprint density at radius 3 is 1.84 bits per heavy atom. The predicted octanol–water partition coefficient (Wildman–Crippen LogP) is 5.07. The predicted molar refractivity (Wildman–Crippen MR) is 125 cm³/mol. The average Bonchev–Trinajstić information content (AvgIpc) is 2.74. The number of nitrogens with one attached hydrogen (secondary N) is 1. The summed E-state index contributed by atoms with van der Waals surface area (Å²) in [5.41, 5.74) is 4.23. The Labute approximate surface area is 184 Å². The summed E-state index contributed by atoms with van der Waals surface area (Å²) in [6, 6.07) is 22.0. The van der Waals surface area contributed by atoms with Crippen molar-refractivity contribution < 1.29 is 13.2 Å². The number of hydrogen-bond acceptors (Lipinski definition) is 4. The van der Waals surface area contributed by atoms with Crippen molar-refractivity contribution in [3.8, 4) is 5.75 Å². The van der Waals surface area contributed by atoms with Crippen LogP contribution in [0.1, 0.15) is 36.1 Å². The second-order valence-corrected chi connectivity index (χ2v) is 9.62. The van der Waals surface area contributed by atoms with Crippen LogP contribution in [0.25, 0.3) is 0 Å². The lowest BCUT2D eigenvalue weighted by Gasteiger charge is -2.12. The zero-order valence-electron chi connectivity index (χ0n) is 18.3. The zero-order chi connectivity index (χ0) is 22.4. The SMILES string of the molecule is Cc1ccc(/C(=N/NS(=O)(=O)c2ccc(C)cc2)c2ccc(OCC(C)C)cc2)cc1. The van der Waals surface area contributed by atoms with Crippen molar-refractivity contribution in [2.24, 2.45) is 11.0 Å². The average molecular weight is 437 g/mol. The van der Waals surface area contributed by atoms with Crippen LogP contribution in [-0.2, 0) is 10.0 Å². The molecule has 6 heteroatoms. The van der Waals surface area contributed by atoms with E-state index in [2.05, 4.69) is 23.8 Å². The molecule has 0 aliphatic heterocycles. The Morgan fingerprint density at radius 1 is 0.839 bits per heavy atom. The van der Waals surface area contributed by atoms with Gasteiger partial charge < -0.3 is 4.74 Å². The van der Waals surface area contributed by atoms with Gasteiger partial charge in [-0.15, -0.1) is 0 Å². The van der Waals surface area contributed by atoms with E-state index >= 15 is 0 Å². The molecule has 0 bridgehead atoms. The molecular weight excluding hydrogens is 408 g/mol. The largest absolute Gasteiger partial charge is 0.493 e. The third-order valence-corrected chi connectivity index (χ3v) is 5.87. The highest BCUT2D eigenvalue weighted by atomic mass is 32.2. The maximum atomic E-state index is 12.7. The van der Waals surface area contributed by atoms with Gasteiger partial charge in [0.2, 0.25) is 0 Å². The smallest absolute Gasteiger partial charge is 0.276 e. The van der Waals surface area contributed by atoms with E-state index in [9.17, 15) is 8.42 Å². The number of benzene rings is 3. The molecule has 3 rings (SSSR count). The molecule has 1 N–H and O–H groups in total. The fourth-order valence-electron chi connectivity index (χ4n) is 2.85. The van der Waals surface area contributed by atoms with Gasteiger partial charge in [-0.2, -0.15) is 18.4 Å². The molecule has 0 amide bonds. The van der Waals surface area contributed by atoms with Crippen LogP contribution in [0.2, 0.25) is 0 Å². The molecule has 31 heavy (non-hydrogen) atoms. The zero-order valence-corrected chi connectivity index (χ0v) is 19.1. The monoisotopic (exact) mass is 436 g/mol. The van der Waals surface area contributed by atoms with E-state index in [0.717, 1.165) is 28.0 Å². The van der Waals surface area contributed by atoms with Gasteiger partial charge >= 0.3 is 0 Å². The molecule has 0 saturated carbocycles. The molecular formula is C25H28N2O3S. The van der Waals surface area contributed by atoms with Crippen LogP contribution in [0.5, 0.6) is 5.75 Å². The third kappa shape index (κ3) is 6.18. The van der Waals surface area contributed by atoms with Gasteiger partial charge in [-0.05, 0) is 56.2 Å².